The molecule has 150 valence electrons. The molecule has 4 saturated carbocycles. The maximum Gasteiger partial charge on any atom is 0.0543 e. The summed E-state index contributed by atoms with van der Waals surface area (Å²) >= 11 is 0. The van der Waals surface area contributed by atoms with Gasteiger partial charge >= 0.3 is 0 Å². The van der Waals surface area contributed by atoms with Crippen LogP contribution >= 0.6 is 0 Å². The van der Waals surface area contributed by atoms with E-state index < -0.39 is 0 Å². The van der Waals surface area contributed by atoms with Crippen LogP contribution in [0.3, 0.4) is 0 Å². The molecule has 1 heterocycles. The number of hydrogen-bond donors (Lipinski definition) is 0. The van der Waals surface area contributed by atoms with Gasteiger partial charge in [0.25, 0.3) is 0 Å². The van der Waals surface area contributed by atoms with Crippen molar-refractivity contribution in [1.29, 1.82) is 0 Å². The van der Waals surface area contributed by atoms with Crippen molar-refractivity contribution in [1.82, 2.24) is 4.57 Å². The summed E-state index contributed by atoms with van der Waals surface area (Å²) in [6, 6.07) is 25.4. The Balaban J connectivity index is 1.36. The first-order valence-electron chi connectivity index (χ1n) is 11.8. The Labute approximate surface area is 178 Å². The van der Waals surface area contributed by atoms with Crippen molar-refractivity contribution in [2.45, 2.75) is 50.9 Å². The van der Waals surface area contributed by atoms with Crippen molar-refractivity contribution < 1.29 is 0 Å². The van der Waals surface area contributed by atoms with Crippen LogP contribution in [0.1, 0.15) is 49.7 Å². The highest BCUT2D eigenvalue weighted by molar-refractivity contribution is 6.09. The Kier molecular flexibility index (Phi) is 3.44. The van der Waals surface area contributed by atoms with E-state index in [0.29, 0.717) is 5.41 Å². The molecular formula is C29H29N. The predicted molar refractivity (Wildman–Crippen MR) is 125 cm³/mol. The predicted octanol–water partition coefficient (Wildman–Crippen LogP) is 7.56. The molecule has 4 aromatic rings. The van der Waals surface area contributed by atoms with E-state index in [-0.39, 0.29) is 0 Å². The Morgan fingerprint density at radius 3 is 2.03 bits per heavy atom. The molecule has 8 rings (SSSR count). The average molecular weight is 392 g/mol. The van der Waals surface area contributed by atoms with Crippen molar-refractivity contribution in [3.63, 3.8) is 0 Å². The lowest BCUT2D eigenvalue weighted by Crippen LogP contribution is -2.48. The van der Waals surface area contributed by atoms with Gasteiger partial charge < -0.3 is 4.57 Å². The van der Waals surface area contributed by atoms with E-state index in [9.17, 15) is 0 Å². The molecule has 30 heavy (non-hydrogen) atoms. The van der Waals surface area contributed by atoms with E-state index in [1.165, 1.54) is 71.6 Å². The van der Waals surface area contributed by atoms with E-state index in [0.717, 1.165) is 17.8 Å². The second-order valence-electron chi connectivity index (χ2n) is 10.6. The van der Waals surface area contributed by atoms with Gasteiger partial charge in [-0.1, -0.05) is 42.5 Å². The van der Waals surface area contributed by atoms with Crippen LogP contribution in [0.25, 0.3) is 27.5 Å². The minimum Gasteiger partial charge on any atom is -0.309 e. The lowest BCUT2D eigenvalue weighted by Gasteiger charge is -2.57. The molecule has 0 unspecified atom stereocenters. The maximum atomic E-state index is 2.47. The summed E-state index contributed by atoms with van der Waals surface area (Å²) in [7, 11) is 0. The summed E-state index contributed by atoms with van der Waals surface area (Å²) < 4.78 is 2.46. The first-order chi connectivity index (χ1) is 14.7. The zero-order chi connectivity index (χ0) is 19.9. The van der Waals surface area contributed by atoms with E-state index in [1.54, 1.807) is 5.56 Å². The first kappa shape index (κ1) is 17.2. The van der Waals surface area contributed by atoms with E-state index >= 15 is 0 Å². The van der Waals surface area contributed by atoms with Gasteiger partial charge in [-0.25, -0.2) is 0 Å². The third-order valence-electron chi connectivity index (χ3n) is 8.61. The molecule has 1 nitrogen and oxygen atoms in total. The second-order valence-corrected chi connectivity index (χ2v) is 10.6. The van der Waals surface area contributed by atoms with Crippen LogP contribution in [0.5, 0.6) is 0 Å². The van der Waals surface area contributed by atoms with Crippen molar-refractivity contribution >= 4 is 21.8 Å². The molecule has 0 saturated heterocycles. The average Bonchev–Trinajstić information content (AvgIpc) is 3.06. The Bertz CT molecular complexity index is 1240. The van der Waals surface area contributed by atoms with Crippen LogP contribution in [-0.4, -0.2) is 4.57 Å². The van der Waals surface area contributed by atoms with Gasteiger partial charge in [0.2, 0.25) is 0 Å². The molecule has 4 fully saturated rings. The summed E-state index contributed by atoms with van der Waals surface area (Å²) in [4.78, 5) is 0. The summed E-state index contributed by atoms with van der Waals surface area (Å²) in [6.07, 6.45) is 8.85. The van der Waals surface area contributed by atoms with Crippen molar-refractivity contribution in [3.05, 3.63) is 77.9 Å². The number of para-hydroxylation sites is 1. The van der Waals surface area contributed by atoms with Crippen molar-refractivity contribution in [2.75, 3.05) is 0 Å². The van der Waals surface area contributed by atoms with E-state index in [2.05, 4.69) is 78.2 Å². The third-order valence-corrected chi connectivity index (χ3v) is 8.61. The van der Waals surface area contributed by atoms with Gasteiger partial charge in [0.15, 0.2) is 0 Å². The first-order valence-corrected chi connectivity index (χ1v) is 11.8. The quantitative estimate of drug-likeness (QED) is 0.332. The normalized spacial score (nSPS) is 29.8. The Morgan fingerprint density at radius 1 is 0.700 bits per heavy atom. The summed E-state index contributed by atoms with van der Waals surface area (Å²) in [5.41, 5.74) is 7.32. The lowest BCUT2D eigenvalue weighted by molar-refractivity contribution is -0.00518. The standard InChI is InChI=1S/C29H29N/c1-19-6-11-26-25-4-2-3-5-27(25)30(28(26)12-19)24-9-7-23(8-10-24)29-16-20-13-21(17-29)15-22(14-20)18-29/h2-12,20-22H,13-18H2,1H3. The molecule has 3 aromatic carbocycles. The molecule has 1 aromatic heterocycles. The molecule has 0 spiro atoms. The van der Waals surface area contributed by atoms with Crippen LogP contribution in [0.2, 0.25) is 0 Å². The Hall–Kier alpha value is -2.54. The minimum atomic E-state index is 0.477. The van der Waals surface area contributed by atoms with Crippen molar-refractivity contribution in [3.8, 4) is 5.69 Å². The fourth-order valence-electron chi connectivity index (χ4n) is 7.79. The second kappa shape index (κ2) is 6.00. The van der Waals surface area contributed by atoms with Gasteiger partial charge in [-0.15, -0.1) is 0 Å². The van der Waals surface area contributed by atoms with Gasteiger partial charge in [0.05, 0.1) is 11.0 Å². The highest BCUT2D eigenvalue weighted by Gasteiger charge is 2.51. The SMILES string of the molecule is Cc1ccc2c3ccccc3n(-c3ccc(C45CC6CC(CC(C6)C4)C5)cc3)c2c1. The molecule has 4 aliphatic carbocycles. The highest BCUT2D eigenvalue weighted by atomic mass is 15.0. The maximum absolute atomic E-state index is 2.47. The fraction of sp³-hybridized carbons (Fsp3) is 0.379. The van der Waals surface area contributed by atoms with E-state index in [4.69, 9.17) is 0 Å². The number of rotatable bonds is 2. The number of nitrogens with zero attached hydrogens (tertiary/aromatic N) is 1. The van der Waals surface area contributed by atoms with Crippen LogP contribution in [0.15, 0.2) is 66.7 Å². The topological polar surface area (TPSA) is 4.93 Å². The number of benzene rings is 3. The lowest BCUT2D eigenvalue weighted by atomic mass is 9.48. The zero-order valence-electron chi connectivity index (χ0n) is 17.8. The molecule has 4 bridgehead atoms. The number of aryl methyl sites for hydroxylation is 1. The number of hydrogen-bond acceptors (Lipinski definition) is 0. The largest absolute Gasteiger partial charge is 0.309 e. The molecule has 0 amide bonds. The smallest absolute Gasteiger partial charge is 0.0543 e. The number of aromatic nitrogens is 1. The van der Waals surface area contributed by atoms with E-state index in [1.807, 2.05) is 0 Å². The third kappa shape index (κ3) is 2.35. The summed E-state index contributed by atoms with van der Waals surface area (Å²) in [5, 5.41) is 2.69. The van der Waals surface area contributed by atoms with Crippen LogP contribution in [0.4, 0.5) is 0 Å². The molecule has 0 N–H and O–H groups in total. The number of fused-ring (bicyclic) bond motifs is 3. The van der Waals surface area contributed by atoms with Crippen LogP contribution in [-0.2, 0) is 5.41 Å². The van der Waals surface area contributed by atoms with Gasteiger partial charge in [0, 0.05) is 16.5 Å². The van der Waals surface area contributed by atoms with Gasteiger partial charge in [-0.05, 0) is 104 Å². The minimum absolute atomic E-state index is 0.477. The molecule has 4 aliphatic rings. The summed E-state index contributed by atoms with van der Waals surface area (Å²) in [6.45, 7) is 2.19. The van der Waals surface area contributed by atoms with Crippen LogP contribution < -0.4 is 0 Å². The molecule has 1 heteroatoms. The monoisotopic (exact) mass is 391 g/mol. The fourth-order valence-corrected chi connectivity index (χ4v) is 7.79. The summed E-state index contributed by atoms with van der Waals surface area (Å²) in [5.74, 6) is 2.99. The molecular weight excluding hydrogens is 362 g/mol. The van der Waals surface area contributed by atoms with Gasteiger partial charge in [0.1, 0.15) is 0 Å². The molecule has 0 radical (unpaired) electrons. The van der Waals surface area contributed by atoms with Gasteiger partial charge in [-0.3, -0.25) is 0 Å². The van der Waals surface area contributed by atoms with Crippen molar-refractivity contribution in [2.24, 2.45) is 17.8 Å². The molecule has 0 atom stereocenters. The molecule has 0 aliphatic heterocycles. The zero-order valence-corrected chi connectivity index (χ0v) is 17.8. The highest BCUT2D eigenvalue weighted by Crippen LogP contribution is 2.60. The van der Waals surface area contributed by atoms with Crippen LogP contribution in [0, 0.1) is 24.7 Å². The van der Waals surface area contributed by atoms with Gasteiger partial charge in [-0.2, -0.15) is 0 Å². The Morgan fingerprint density at radius 2 is 1.33 bits per heavy atom.